The average Bonchev–Trinajstić information content (AvgIpc) is 3.18. The van der Waals surface area contributed by atoms with Gasteiger partial charge in [-0.15, -0.1) is 0 Å². The van der Waals surface area contributed by atoms with E-state index < -0.39 is 6.10 Å². The Hall–Kier alpha value is -3.52. The van der Waals surface area contributed by atoms with Crippen LogP contribution in [0.25, 0.3) is 15.5 Å². The zero-order chi connectivity index (χ0) is 22.0. The highest BCUT2D eigenvalue weighted by atomic mass is 32.1. The van der Waals surface area contributed by atoms with E-state index in [-0.39, 0.29) is 18.0 Å². The summed E-state index contributed by atoms with van der Waals surface area (Å²) in [5.74, 6) is 0.340. The van der Waals surface area contributed by atoms with Gasteiger partial charge in [0, 0.05) is 11.6 Å². The number of carbonyl (C=O) groups is 1. The van der Waals surface area contributed by atoms with Crippen LogP contribution in [0, 0.1) is 13.8 Å². The third-order valence-electron chi connectivity index (χ3n) is 4.71. The number of nitrogens with one attached hydrogen (secondary N) is 1. The van der Waals surface area contributed by atoms with Crippen molar-refractivity contribution in [1.29, 1.82) is 0 Å². The molecular weight excluding hydrogens is 412 g/mol. The molecule has 1 unspecified atom stereocenters. The van der Waals surface area contributed by atoms with Gasteiger partial charge in [-0.1, -0.05) is 52.8 Å². The number of fused-ring (bicyclic) bond motifs is 1. The molecule has 0 saturated heterocycles. The summed E-state index contributed by atoms with van der Waals surface area (Å²) in [6, 6.07) is 16.8. The molecular formula is C23H22N4O3S. The van der Waals surface area contributed by atoms with Crippen molar-refractivity contribution < 1.29 is 9.53 Å². The predicted octanol–water partition coefficient (Wildman–Crippen LogP) is 3.52. The maximum absolute atomic E-state index is 12.5. The van der Waals surface area contributed by atoms with Crippen LogP contribution in [0.15, 0.2) is 59.4 Å². The third-order valence-corrected chi connectivity index (χ3v) is 5.67. The lowest BCUT2D eigenvalue weighted by molar-refractivity contribution is -0.127. The molecule has 0 spiro atoms. The minimum absolute atomic E-state index is 0.129. The van der Waals surface area contributed by atoms with Gasteiger partial charge in [0.25, 0.3) is 11.5 Å². The fourth-order valence-electron chi connectivity index (χ4n) is 3.04. The van der Waals surface area contributed by atoms with Crippen LogP contribution in [0.3, 0.4) is 0 Å². The Morgan fingerprint density at radius 2 is 1.90 bits per heavy atom. The maximum atomic E-state index is 12.5. The van der Waals surface area contributed by atoms with Gasteiger partial charge in [-0.2, -0.15) is 9.61 Å². The van der Waals surface area contributed by atoms with E-state index >= 15 is 0 Å². The number of amides is 1. The molecule has 158 valence electrons. The van der Waals surface area contributed by atoms with Gasteiger partial charge in [0.05, 0.1) is 12.2 Å². The van der Waals surface area contributed by atoms with Gasteiger partial charge in [0.15, 0.2) is 6.10 Å². The van der Waals surface area contributed by atoms with Crippen LogP contribution in [0.2, 0.25) is 0 Å². The highest BCUT2D eigenvalue weighted by Gasteiger charge is 2.16. The van der Waals surface area contributed by atoms with Gasteiger partial charge >= 0.3 is 0 Å². The molecule has 0 aliphatic carbocycles. The van der Waals surface area contributed by atoms with Crippen molar-refractivity contribution in [2.75, 3.05) is 0 Å². The first-order valence-electron chi connectivity index (χ1n) is 9.87. The SMILES string of the molecule is Cc1ccc(OC(C)C(=O)NCc2cc(=O)n3nc(-c4cccc(C)c4)sc3n2)cc1. The zero-order valence-corrected chi connectivity index (χ0v) is 18.3. The lowest BCUT2D eigenvalue weighted by Gasteiger charge is -2.14. The lowest BCUT2D eigenvalue weighted by Crippen LogP contribution is -2.36. The van der Waals surface area contributed by atoms with E-state index in [1.807, 2.05) is 62.4 Å². The van der Waals surface area contributed by atoms with Crippen LogP contribution < -0.4 is 15.6 Å². The van der Waals surface area contributed by atoms with E-state index in [0.29, 0.717) is 16.4 Å². The fourth-order valence-corrected chi connectivity index (χ4v) is 3.96. The minimum Gasteiger partial charge on any atom is -0.481 e. The molecule has 1 atom stereocenters. The Kier molecular flexibility index (Phi) is 5.81. The van der Waals surface area contributed by atoms with E-state index in [0.717, 1.165) is 21.7 Å². The first-order chi connectivity index (χ1) is 14.9. The van der Waals surface area contributed by atoms with E-state index in [1.54, 1.807) is 6.92 Å². The summed E-state index contributed by atoms with van der Waals surface area (Å²) >= 11 is 1.33. The van der Waals surface area contributed by atoms with Crippen LogP contribution in [0.1, 0.15) is 23.7 Å². The second-order valence-electron chi connectivity index (χ2n) is 7.35. The highest BCUT2D eigenvalue weighted by molar-refractivity contribution is 7.19. The van der Waals surface area contributed by atoms with E-state index in [9.17, 15) is 9.59 Å². The Bertz CT molecular complexity index is 1290. The van der Waals surface area contributed by atoms with Gasteiger partial charge in [0.1, 0.15) is 10.8 Å². The van der Waals surface area contributed by atoms with Crippen molar-refractivity contribution in [2.24, 2.45) is 0 Å². The largest absolute Gasteiger partial charge is 0.481 e. The highest BCUT2D eigenvalue weighted by Crippen LogP contribution is 2.24. The Morgan fingerprint density at radius 3 is 2.65 bits per heavy atom. The Balaban J connectivity index is 1.46. The van der Waals surface area contributed by atoms with Crippen LogP contribution in [0.5, 0.6) is 5.75 Å². The molecule has 0 bridgehead atoms. The Labute approximate surface area is 183 Å². The van der Waals surface area contributed by atoms with Crippen LogP contribution in [-0.4, -0.2) is 26.6 Å². The summed E-state index contributed by atoms with van der Waals surface area (Å²) < 4.78 is 6.96. The number of rotatable bonds is 6. The number of hydrogen-bond acceptors (Lipinski definition) is 6. The first-order valence-corrected chi connectivity index (χ1v) is 10.7. The molecule has 2 heterocycles. The monoisotopic (exact) mass is 434 g/mol. The molecule has 1 amide bonds. The molecule has 0 fully saturated rings. The molecule has 0 radical (unpaired) electrons. The van der Waals surface area contributed by atoms with Crippen molar-refractivity contribution in [3.63, 3.8) is 0 Å². The Morgan fingerprint density at radius 1 is 1.13 bits per heavy atom. The van der Waals surface area contributed by atoms with E-state index in [2.05, 4.69) is 15.4 Å². The van der Waals surface area contributed by atoms with Crippen molar-refractivity contribution in [3.05, 3.63) is 81.8 Å². The normalized spacial score (nSPS) is 12.0. The molecule has 0 aliphatic heterocycles. The molecule has 7 nitrogen and oxygen atoms in total. The van der Waals surface area contributed by atoms with Crippen LogP contribution in [0.4, 0.5) is 0 Å². The minimum atomic E-state index is -0.677. The summed E-state index contributed by atoms with van der Waals surface area (Å²) in [5.41, 5.74) is 3.36. The first kappa shape index (κ1) is 20.7. The summed E-state index contributed by atoms with van der Waals surface area (Å²) in [7, 11) is 0. The fraction of sp³-hybridized carbons (Fsp3) is 0.217. The molecule has 4 aromatic rings. The number of hydrogen-bond donors (Lipinski definition) is 1. The molecule has 2 aromatic carbocycles. The number of nitrogens with zero attached hydrogens (tertiary/aromatic N) is 3. The molecule has 8 heteroatoms. The van der Waals surface area contributed by atoms with Crippen molar-refractivity contribution in [1.82, 2.24) is 19.9 Å². The lowest BCUT2D eigenvalue weighted by atomic mass is 10.1. The van der Waals surface area contributed by atoms with Gasteiger partial charge in [-0.25, -0.2) is 4.98 Å². The molecule has 2 aromatic heterocycles. The topological polar surface area (TPSA) is 85.6 Å². The summed E-state index contributed by atoms with van der Waals surface area (Å²) in [5, 5.41) is 7.89. The van der Waals surface area contributed by atoms with E-state index in [1.165, 1.54) is 21.9 Å². The summed E-state index contributed by atoms with van der Waals surface area (Å²) in [6.07, 6.45) is -0.677. The second-order valence-corrected chi connectivity index (χ2v) is 8.30. The van der Waals surface area contributed by atoms with Gasteiger partial charge in [-0.3, -0.25) is 9.59 Å². The molecule has 31 heavy (non-hydrogen) atoms. The van der Waals surface area contributed by atoms with Crippen LogP contribution in [-0.2, 0) is 11.3 Å². The van der Waals surface area contributed by atoms with Gasteiger partial charge in [-0.05, 0) is 39.0 Å². The number of ether oxygens (including phenoxy) is 1. The quantitative estimate of drug-likeness (QED) is 0.502. The second kappa shape index (κ2) is 8.69. The predicted molar refractivity (Wildman–Crippen MR) is 120 cm³/mol. The number of aromatic nitrogens is 3. The molecule has 4 rings (SSSR count). The van der Waals surface area contributed by atoms with Crippen molar-refractivity contribution >= 4 is 22.2 Å². The summed E-state index contributed by atoms with van der Waals surface area (Å²) in [4.78, 5) is 29.9. The molecule has 1 N–H and O–H groups in total. The van der Waals surface area contributed by atoms with Crippen LogP contribution >= 0.6 is 11.3 Å². The van der Waals surface area contributed by atoms with Gasteiger partial charge < -0.3 is 10.1 Å². The van der Waals surface area contributed by atoms with Crippen molar-refractivity contribution in [3.8, 4) is 16.3 Å². The summed E-state index contributed by atoms with van der Waals surface area (Å²) in [6.45, 7) is 5.80. The number of carbonyl (C=O) groups excluding carboxylic acids is 1. The third kappa shape index (κ3) is 4.80. The van der Waals surface area contributed by atoms with E-state index in [4.69, 9.17) is 4.74 Å². The zero-order valence-electron chi connectivity index (χ0n) is 17.5. The van der Waals surface area contributed by atoms with Gasteiger partial charge in [0.2, 0.25) is 4.96 Å². The average molecular weight is 435 g/mol. The number of benzene rings is 2. The maximum Gasteiger partial charge on any atom is 0.275 e. The van der Waals surface area contributed by atoms with Crippen molar-refractivity contribution in [2.45, 2.75) is 33.4 Å². The molecule has 0 aliphatic rings. The number of aryl methyl sites for hydroxylation is 2. The standard InChI is InChI=1S/C23H22N4O3S/c1-14-7-9-19(10-8-14)30-16(3)21(29)24-13-18-12-20(28)27-23(25-18)31-22(26-27)17-6-4-5-15(2)11-17/h4-12,16H,13H2,1-3H3,(H,24,29). The smallest absolute Gasteiger partial charge is 0.275 e. The molecule has 0 saturated carbocycles.